The van der Waals surface area contributed by atoms with Crippen molar-refractivity contribution in [3.05, 3.63) is 57.6 Å². The zero-order valence-electron chi connectivity index (χ0n) is 10.5. The lowest BCUT2D eigenvalue weighted by atomic mass is 10.1. The van der Waals surface area contributed by atoms with Gasteiger partial charge < -0.3 is 5.32 Å². The number of H-pyrrole nitrogens is 1. The number of anilines is 1. The van der Waals surface area contributed by atoms with Crippen LogP contribution < -0.4 is 11.0 Å². The van der Waals surface area contributed by atoms with Crippen LogP contribution in [-0.2, 0) is 6.18 Å². The van der Waals surface area contributed by atoms with Crippen molar-refractivity contribution in [1.82, 2.24) is 9.97 Å². The molecule has 1 aromatic carbocycles. The minimum Gasteiger partial charge on any atom is -0.306 e. The Morgan fingerprint density at radius 3 is 2.50 bits per heavy atom. The van der Waals surface area contributed by atoms with E-state index in [4.69, 9.17) is 0 Å². The molecule has 1 amide bonds. The van der Waals surface area contributed by atoms with Gasteiger partial charge in [0.2, 0.25) is 0 Å². The van der Waals surface area contributed by atoms with Gasteiger partial charge in [-0.3, -0.25) is 9.78 Å². The minimum absolute atomic E-state index is 0.214. The first kappa shape index (κ1) is 15.6. The first-order valence-corrected chi connectivity index (χ1v) is 5.61. The van der Waals surface area contributed by atoms with Gasteiger partial charge >= 0.3 is 11.9 Å². The maximum Gasteiger partial charge on any atom is 0.416 e. The van der Waals surface area contributed by atoms with Gasteiger partial charge in [-0.05, 0) is 18.2 Å². The molecule has 5 nitrogen and oxygen atoms in total. The summed E-state index contributed by atoms with van der Waals surface area (Å²) in [6, 6.07) is 1.16. The third-order valence-electron chi connectivity index (χ3n) is 2.49. The summed E-state index contributed by atoms with van der Waals surface area (Å²) < 4.78 is 64.1. The third-order valence-corrected chi connectivity index (χ3v) is 2.49. The molecule has 0 spiro atoms. The van der Waals surface area contributed by atoms with E-state index in [1.165, 1.54) is 0 Å². The van der Waals surface area contributed by atoms with Crippen LogP contribution in [0.1, 0.15) is 15.9 Å². The average molecular weight is 319 g/mol. The number of amides is 1. The number of benzene rings is 1. The van der Waals surface area contributed by atoms with Crippen molar-refractivity contribution in [3.63, 3.8) is 0 Å². The summed E-state index contributed by atoms with van der Waals surface area (Å²) in [4.78, 5) is 27.5. The summed E-state index contributed by atoms with van der Waals surface area (Å²) >= 11 is 0. The Morgan fingerprint density at radius 2 is 1.86 bits per heavy atom. The lowest BCUT2D eigenvalue weighted by Crippen LogP contribution is -2.20. The summed E-state index contributed by atoms with van der Waals surface area (Å²) in [5.41, 5.74) is -3.04. The largest absolute Gasteiger partial charge is 0.416 e. The number of hydrogen-bond acceptors (Lipinski definition) is 3. The van der Waals surface area contributed by atoms with Crippen LogP contribution in [0.5, 0.6) is 0 Å². The number of nitrogens with zero attached hydrogens (tertiary/aromatic N) is 1. The Balaban J connectivity index is 2.36. The summed E-state index contributed by atoms with van der Waals surface area (Å²) in [5.74, 6) is -4.32. The quantitative estimate of drug-likeness (QED) is 0.834. The van der Waals surface area contributed by atoms with E-state index < -0.39 is 46.4 Å². The van der Waals surface area contributed by atoms with Gasteiger partial charge in [-0.25, -0.2) is 13.6 Å². The van der Waals surface area contributed by atoms with E-state index in [-0.39, 0.29) is 6.07 Å². The number of aromatic amines is 1. The number of alkyl halides is 3. The van der Waals surface area contributed by atoms with E-state index in [0.717, 1.165) is 0 Å². The number of halogens is 5. The topological polar surface area (TPSA) is 74.8 Å². The lowest BCUT2D eigenvalue weighted by Gasteiger charge is -2.10. The monoisotopic (exact) mass is 319 g/mol. The predicted octanol–water partition coefficient (Wildman–Crippen LogP) is 2.32. The minimum atomic E-state index is -4.85. The molecule has 2 N–H and O–H groups in total. The molecule has 22 heavy (non-hydrogen) atoms. The van der Waals surface area contributed by atoms with E-state index >= 15 is 0 Å². The second-order valence-corrected chi connectivity index (χ2v) is 4.09. The van der Waals surface area contributed by atoms with Crippen LogP contribution in [-0.4, -0.2) is 15.9 Å². The molecule has 0 radical (unpaired) electrons. The second kappa shape index (κ2) is 5.54. The molecule has 0 aliphatic carbocycles. The highest BCUT2D eigenvalue weighted by molar-refractivity contribution is 6.03. The van der Waals surface area contributed by atoms with Gasteiger partial charge in [0.25, 0.3) is 5.91 Å². The summed E-state index contributed by atoms with van der Waals surface area (Å²) in [6.45, 7) is 0. The van der Waals surface area contributed by atoms with E-state index in [1.54, 1.807) is 0 Å². The molecule has 2 rings (SSSR count). The van der Waals surface area contributed by atoms with Crippen molar-refractivity contribution in [2.24, 2.45) is 0 Å². The van der Waals surface area contributed by atoms with Gasteiger partial charge in [0.1, 0.15) is 5.82 Å². The van der Waals surface area contributed by atoms with Crippen molar-refractivity contribution in [2.75, 3.05) is 5.32 Å². The Morgan fingerprint density at radius 1 is 1.18 bits per heavy atom. The fourth-order valence-electron chi connectivity index (χ4n) is 1.54. The molecule has 0 aliphatic rings. The molecule has 0 atom stereocenters. The van der Waals surface area contributed by atoms with Crippen molar-refractivity contribution in [1.29, 1.82) is 0 Å². The fourth-order valence-corrected chi connectivity index (χ4v) is 1.54. The number of carbonyl (C=O) groups is 1. The number of rotatable bonds is 2. The summed E-state index contributed by atoms with van der Waals surface area (Å²) in [5, 5.41) is 1.83. The van der Waals surface area contributed by atoms with Crippen LogP contribution in [0.2, 0.25) is 0 Å². The third kappa shape index (κ3) is 3.45. The Kier molecular flexibility index (Phi) is 3.93. The van der Waals surface area contributed by atoms with Crippen molar-refractivity contribution in [3.8, 4) is 0 Å². The molecular formula is C12H6F5N3O2. The van der Waals surface area contributed by atoms with Crippen molar-refractivity contribution >= 4 is 11.7 Å². The molecule has 0 bridgehead atoms. The first-order chi connectivity index (χ1) is 10.2. The molecule has 0 unspecified atom stereocenters. The van der Waals surface area contributed by atoms with E-state index in [0.29, 0.717) is 18.3 Å². The highest BCUT2D eigenvalue weighted by Gasteiger charge is 2.32. The zero-order valence-corrected chi connectivity index (χ0v) is 10.5. The molecule has 0 saturated carbocycles. The Bertz CT molecular complexity index is 785. The summed E-state index contributed by atoms with van der Waals surface area (Å²) in [6.07, 6.45) is -4.34. The van der Waals surface area contributed by atoms with Gasteiger partial charge in [0.05, 0.1) is 11.8 Å². The van der Waals surface area contributed by atoms with Crippen molar-refractivity contribution in [2.45, 2.75) is 6.18 Å². The number of carbonyl (C=O) groups excluding carboxylic acids is 1. The Labute approximate surface area is 118 Å². The van der Waals surface area contributed by atoms with Gasteiger partial charge in [-0.1, -0.05) is 0 Å². The first-order valence-electron chi connectivity index (χ1n) is 5.61. The van der Waals surface area contributed by atoms with Crippen LogP contribution >= 0.6 is 0 Å². The normalized spacial score (nSPS) is 11.3. The van der Waals surface area contributed by atoms with E-state index in [9.17, 15) is 31.5 Å². The molecule has 0 fully saturated rings. The van der Waals surface area contributed by atoms with Gasteiger partial charge in [0, 0.05) is 5.56 Å². The maximum atomic E-state index is 13.3. The smallest absolute Gasteiger partial charge is 0.306 e. The van der Waals surface area contributed by atoms with Crippen LogP contribution in [0.15, 0.2) is 29.2 Å². The number of nitrogens with one attached hydrogen (secondary N) is 2. The van der Waals surface area contributed by atoms with E-state index in [1.807, 2.05) is 10.3 Å². The highest BCUT2D eigenvalue weighted by atomic mass is 19.4. The lowest BCUT2D eigenvalue weighted by molar-refractivity contribution is -0.137. The van der Waals surface area contributed by atoms with Gasteiger partial charge in [-0.2, -0.15) is 18.2 Å². The van der Waals surface area contributed by atoms with Crippen LogP contribution in [0, 0.1) is 11.6 Å². The molecule has 116 valence electrons. The molecule has 2 aromatic rings. The standard InChI is InChI=1S/C12H6F5N3O2/c13-7-2-5(1-6(3-7)12(15,16)17)10(21)19-9-8(14)4-18-11(22)20-9/h1-4H,(H2,18,19,20,21,22). The van der Waals surface area contributed by atoms with Crippen LogP contribution in [0.25, 0.3) is 0 Å². The van der Waals surface area contributed by atoms with Crippen LogP contribution in [0.3, 0.4) is 0 Å². The van der Waals surface area contributed by atoms with Gasteiger partial charge in [-0.15, -0.1) is 0 Å². The SMILES string of the molecule is O=C(Nc1[nH]c(=O)ncc1F)c1cc(F)cc(C(F)(F)F)c1. The van der Waals surface area contributed by atoms with Gasteiger partial charge in [0.15, 0.2) is 11.6 Å². The fraction of sp³-hybridized carbons (Fsp3) is 0.0833. The number of aromatic nitrogens is 2. The summed E-state index contributed by atoms with van der Waals surface area (Å²) in [7, 11) is 0. The molecule has 1 aromatic heterocycles. The molecule has 0 aliphatic heterocycles. The predicted molar refractivity (Wildman–Crippen MR) is 64.2 cm³/mol. The molecular weight excluding hydrogens is 313 g/mol. The highest BCUT2D eigenvalue weighted by Crippen LogP contribution is 2.30. The molecule has 0 saturated heterocycles. The zero-order chi connectivity index (χ0) is 16.5. The maximum absolute atomic E-state index is 13.3. The van der Waals surface area contributed by atoms with E-state index in [2.05, 4.69) is 4.98 Å². The average Bonchev–Trinajstić information content (AvgIpc) is 2.41. The second-order valence-electron chi connectivity index (χ2n) is 4.09. The molecule has 1 heterocycles. The number of hydrogen-bond donors (Lipinski definition) is 2. The molecule has 10 heteroatoms. The van der Waals surface area contributed by atoms with Crippen molar-refractivity contribution < 1.29 is 26.7 Å². The van der Waals surface area contributed by atoms with Crippen LogP contribution in [0.4, 0.5) is 27.8 Å². The Hall–Kier alpha value is -2.78.